The minimum Gasteiger partial charge on any atom is -0.497 e. The number of hydrogen-bond acceptors (Lipinski definition) is 7. The Bertz CT molecular complexity index is 1330. The van der Waals surface area contributed by atoms with E-state index in [1.165, 1.54) is 11.8 Å². The van der Waals surface area contributed by atoms with E-state index < -0.39 is 5.25 Å². The monoisotopic (exact) mass is 553 g/mol. The molecular formula is C28H28ClN3O5S. The molecule has 8 nitrogen and oxygen atoms in total. The summed E-state index contributed by atoms with van der Waals surface area (Å²) in [5.74, 6) is 1.53. The van der Waals surface area contributed by atoms with E-state index in [-0.39, 0.29) is 18.2 Å². The fraction of sp³-hybridized carbons (Fsp3) is 0.250. The highest BCUT2D eigenvalue weighted by atomic mass is 35.5. The van der Waals surface area contributed by atoms with Crippen molar-refractivity contribution in [2.45, 2.75) is 18.1 Å². The number of benzene rings is 3. The number of anilines is 1. The molecule has 0 aliphatic carbocycles. The van der Waals surface area contributed by atoms with Crippen LogP contribution in [0.1, 0.15) is 12.0 Å². The molecule has 3 aromatic carbocycles. The highest BCUT2D eigenvalue weighted by molar-refractivity contribution is 8.15. The molecule has 1 heterocycles. The van der Waals surface area contributed by atoms with Crippen LogP contribution in [0, 0.1) is 0 Å². The number of nitrogens with one attached hydrogen (secondary N) is 1. The molecule has 1 aliphatic rings. The highest BCUT2D eigenvalue weighted by Gasteiger charge is 2.39. The van der Waals surface area contributed by atoms with Gasteiger partial charge in [-0.1, -0.05) is 35.5 Å². The Morgan fingerprint density at radius 2 is 1.76 bits per heavy atom. The third kappa shape index (κ3) is 6.79. The van der Waals surface area contributed by atoms with Crippen molar-refractivity contribution in [3.05, 3.63) is 77.3 Å². The van der Waals surface area contributed by atoms with Crippen LogP contribution in [-0.2, 0) is 16.0 Å². The van der Waals surface area contributed by atoms with Crippen LogP contribution in [0.4, 0.5) is 11.4 Å². The van der Waals surface area contributed by atoms with E-state index in [1.807, 2.05) is 42.5 Å². The van der Waals surface area contributed by atoms with E-state index in [9.17, 15) is 9.59 Å². The third-order valence-corrected chi connectivity index (χ3v) is 7.28. The van der Waals surface area contributed by atoms with Crippen LogP contribution in [-0.4, -0.2) is 55.0 Å². The van der Waals surface area contributed by atoms with Gasteiger partial charge in [-0.2, -0.15) is 0 Å². The average molecular weight is 554 g/mol. The lowest BCUT2D eigenvalue weighted by atomic mass is 10.1. The van der Waals surface area contributed by atoms with Gasteiger partial charge < -0.3 is 19.5 Å². The van der Waals surface area contributed by atoms with Crippen LogP contribution >= 0.6 is 23.4 Å². The summed E-state index contributed by atoms with van der Waals surface area (Å²) in [6, 6.07) is 19.8. The number of hydrogen-bond donors (Lipinski definition) is 1. The molecule has 0 saturated carbocycles. The number of carbonyl (C=O) groups is 2. The number of halogens is 1. The van der Waals surface area contributed by atoms with Gasteiger partial charge in [0.25, 0.3) is 0 Å². The van der Waals surface area contributed by atoms with Crippen molar-refractivity contribution in [2.75, 3.05) is 33.2 Å². The second-order valence-corrected chi connectivity index (χ2v) is 10.00. The molecule has 1 saturated heterocycles. The van der Waals surface area contributed by atoms with E-state index in [0.717, 1.165) is 5.56 Å². The van der Waals surface area contributed by atoms with Crippen molar-refractivity contribution >= 4 is 51.7 Å². The molecule has 198 valence electrons. The van der Waals surface area contributed by atoms with Crippen molar-refractivity contribution in [2.24, 2.45) is 4.99 Å². The molecule has 1 atom stereocenters. The lowest BCUT2D eigenvalue weighted by Gasteiger charge is -2.17. The molecule has 1 N–H and O–H groups in total. The highest BCUT2D eigenvalue weighted by Crippen LogP contribution is 2.33. The fourth-order valence-corrected chi connectivity index (χ4v) is 5.30. The molecule has 1 aliphatic heterocycles. The van der Waals surface area contributed by atoms with Gasteiger partial charge in [0.15, 0.2) is 16.7 Å². The lowest BCUT2D eigenvalue weighted by Crippen LogP contribution is -2.35. The summed E-state index contributed by atoms with van der Waals surface area (Å²) in [4.78, 5) is 32.6. The minimum atomic E-state index is -0.600. The van der Waals surface area contributed by atoms with Gasteiger partial charge in [-0.05, 0) is 66.6 Å². The maximum Gasteiger partial charge on any atom is 0.242 e. The molecule has 0 bridgehead atoms. The van der Waals surface area contributed by atoms with E-state index in [1.54, 1.807) is 50.5 Å². The number of nitrogens with zero attached hydrogens (tertiary/aromatic N) is 2. The largest absolute Gasteiger partial charge is 0.497 e. The summed E-state index contributed by atoms with van der Waals surface area (Å²) in [7, 11) is 4.77. The predicted octanol–water partition coefficient (Wildman–Crippen LogP) is 5.57. The summed E-state index contributed by atoms with van der Waals surface area (Å²) in [6.45, 7) is 0.392. The number of ether oxygens (including phenoxy) is 3. The Labute approximate surface area is 230 Å². The van der Waals surface area contributed by atoms with Gasteiger partial charge in [-0.3, -0.25) is 14.5 Å². The second-order valence-electron chi connectivity index (χ2n) is 8.39. The molecule has 3 aromatic rings. The third-order valence-electron chi connectivity index (χ3n) is 5.87. The Morgan fingerprint density at radius 1 is 1.00 bits per heavy atom. The summed E-state index contributed by atoms with van der Waals surface area (Å²) in [5, 5.41) is 3.28. The first kappa shape index (κ1) is 27.3. The second kappa shape index (κ2) is 12.7. The maximum atomic E-state index is 13.5. The molecule has 0 aromatic heterocycles. The molecule has 0 spiro atoms. The maximum absolute atomic E-state index is 13.5. The molecule has 1 unspecified atom stereocenters. The van der Waals surface area contributed by atoms with Crippen molar-refractivity contribution in [1.82, 2.24) is 4.90 Å². The quantitative estimate of drug-likeness (QED) is 0.353. The van der Waals surface area contributed by atoms with Crippen LogP contribution in [0.5, 0.6) is 17.2 Å². The Balaban J connectivity index is 1.52. The first-order chi connectivity index (χ1) is 18.4. The Kier molecular flexibility index (Phi) is 9.15. The number of amidine groups is 1. The van der Waals surface area contributed by atoms with Gasteiger partial charge in [0.2, 0.25) is 11.8 Å². The van der Waals surface area contributed by atoms with Gasteiger partial charge in [-0.15, -0.1) is 0 Å². The van der Waals surface area contributed by atoms with E-state index in [4.69, 9.17) is 30.8 Å². The summed E-state index contributed by atoms with van der Waals surface area (Å²) in [6.07, 6.45) is 0.570. The van der Waals surface area contributed by atoms with Crippen LogP contribution in [0.25, 0.3) is 0 Å². The van der Waals surface area contributed by atoms with Crippen molar-refractivity contribution in [3.63, 3.8) is 0 Å². The van der Waals surface area contributed by atoms with Gasteiger partial charge in [-0.25, -0.2) is 4.99 Å². The molecule has 38 heavy (non-hydrogen) atoms. The van der Waals surface area contributed by atoms with E-state index in [2.05, 4.69) is 5.32 Å². The molecule has 4 rings (SSSR count). The van der Waals surface area contributed by atoms with Crippen LogP contribution in [0.2, 0.25) is 5.02 Å². The van der Waals surface area contributed by atoms with Crippen LogP contribution in [0.15, 0.2) is 71.7 Å². The zero-order valence-corrected chi connectivity index (χ0v) is 22.8. The Hall–Kier alpha value is -3.69. The number of rotatable bonds is 10. The van der Waals surface area contributed by atoms with E-state index >= 15 is 0 Å². The Morgan fingerprint density at radius 3 is 2.45 bits per heavy atom. The van der Waals surface area contributed by atoms with Crippen LogP contribution in [0.3, 0.4) is 0 Å². The van der Waals surface area contributed by atoms with Gasteiger partial charge in [0.05, 0.1) is 27.0 Å². The molecule has 2 amide bonds. The number of aliphatic imine (C=N–C) groups is 1. The van der Waals surface area contributed by atoms with Crippen molar-refractivity contribution < 1.29 is 23.8 Å². The zero-order chi connectivity index (χ0) is 27.1. The summed E-state index contributed by atoms with van der Waals surface area (Å²) in [5.41, 5.74) is 2.24. The molecule has 0 radical (unpaired) electrons. The number of methoxy groups -OCH3 is 3. The number of amides is 2. The molecule has 10 heteroatoms. The molecular weight excluding hydrogens is 526 g/mol. The van der Waals surface area contributed by atoms with Crippen LogP contribution < -0.4 is 19.5 Å². The minimum absolute atomic E-state index is 0.00447. The summed E-state index contributed by atoms with van der Waals surface area (Å²) < 4.78 is 16.0. The summed E-state index contributed by atoms with van der Waals surface area (Å²) >= 11 is 7.31. The lowest BCUT2D eigenvalue weighted by molar-refractivity contribution is -0.128. The van der Waals surface area contributed by atoms with Gasteiger partial charge in [0, 0.05) is 23.7 Å². The number of carbonyl (C=O) groups excluding carboxylic acids is 2. The van der Waals surface area contributed by atoms with Gasteiger partial charge in [0.1, 0.15) is 11.0 Å². The van der Waals surface area contributed by atoms with Crippen molar-refractivity contribution in [3.8, 4) is 17.2 Å². The predicted molar refractivity (Wildman–Crippen MR) is 151 cm³/mol. The SMILES string of the molecule is COc1ccc(N=C2SC(CC(=O)Nc3cccc(Cl)c3)C(=O)N2CCc2ccc(OC)c(OC)c2)cc1. The van der Waals surface area contributed by atoms with Gasteiger partial charge >= 0.3 is 0 Å². The number of thioether (sulfide) groups is 1. The first-order valence-electron chi connectivity index (χ1n) is 11.9. The first-order valence-corrected chi connectivity index (χ1v) is 13.1. The standard InChI is InChI=1S/C28H28ClN3O5S/c1-35-22-10-8-20(9-11-22)31-28-32(14-13-18-7-12-23(36-2)24(15-18)37-3)27(34)25(38-28)17-26(33)30-21-6-4-5-19(29)16-21/h4-12,15-16,25H,13-14,17H2,1-3H3,(H,30,33). The average Bonchev–Trinajstić information content (AvgIpc) is 3.20. The topological polar surface area (TPSA) is 89.5 Å². The molecule has 1 fully saturated rings. The normalized spacial score (nSPS) is 16.0. The van der Waals surface area contributed by atoms with E-state index in [0.29, 0.717) is 51.8 Å². The smallest absolute Gasteiger partial charge is 0.242 e. The zero-order valence-electron chi connectivity index (χ0n) is 21.3. The fourth-order valence-electron chi connectivity index (χ4n) is 3.92. The van der Waals surface area contributed by atoms with Crippen molar-refractivity contribution in [1.29, 1.82) is 0 Å².